The fourth-order valence-corrected chi connectivity index (χ4v) is 14.8. The molecule has 464 valence electrons. The van der Waals surface area contributed by atoms with Gasteiger partial charge in [-0.1, -0.05) is 99.2 Å². The van der Waals surface area contributed by atoms with Gasteiger partial charge in [-0.2, -0.15) is 19.1 Å². The Morgan fingerprint density at radius 3 is 1.39 bits per heavy atom. The van der Waals surface area contributed by atoms with Crippen LogP contribution < -0.4 is 20.1 Å². The number of hydrogen-bond donors (Lipinski definition) is 4. The lowest BCUT2D eigenvalue weighted by Crippen LogP contribution is -2.53. The van der Waals surface area contributed by atoms with E-state index in [2.05, 4.69) is 22.8 Å². The molecule has 4 aromatic rings. The Kier molecular flexibility index (Phi) is 25.9. The van der Waals surface area contributed by atoms with Gasteiger partial charge in [-0.3, -0.25) is 0 Å². The number of carbonyl (C=O) groups is 2. The molecule has 7 rings (SSSR count). The van der Waals surface area contributed by atoms with E-state index in [0.29, 0.717) is 56.8 Å². The molecule has 0 spiro atoms. The third-order valence-corrected chi connectivity index (χ3v) is 19.9. The highest BCUT2D eigenvalue weighted by Gasteiger charge is 2.42. The molecule has 0 aromatic heterocycles. The van der Waals surface area contributed by atoms with Crippen LogP contribution in [0, 0.1) is 33.5 Å². The molecule has 21 heteroatoms. The molecule has 1 heterocycles. The van der Waals surface area contributed by atoms with E-state index in [1.165, 1.54) is 47.1 Å². The van der Waals surface area contributed by atoms with Gasteiger partial charge in [0.25, 0.3) is 0 Å². The lowest BCUT2D eigenvalue weighted by Gasteiger charge is -2.41. The Bertz CT molecular complexity index is 2990. The van der Waals surface area contributed by atoms with Crippen molar-refractivity contribution in [3.8, 4) is 23.6 Å². The summed E-state index contributed by atoms with van der Waals surface area (Å²) in [7, 11) is -5.09. The molecule has 2 aliphatic carbocycles. The third kappa shape index (κ3) is 21.0. The number of nitrogens with zero attached hydrogens (tertiary/aromatic N) is 4. The fraction of sp³-hybridized carbons (Fsp3) is 0.562. The minimum Gasteiger partial charge on any atom is -0.497 e. The van der Waals surface area contributed by atoms with Crippen LogP contribution >= 0.6 is 0 Å². The second-order valence-corrected chi connectivity index (χ2v) is 27.7. The summed E-state index contributed by atoms with van der Waals surface area (Å²) in [6.07, 6.45) is 7.92. The number of aliphatic hydroxyl groups excluding tert-OH is 2. The van der Waals surface area contributed by atoms with E-state index in [0.717, 1.165) is 75.3 Å². The minimum atomic E-state index is -4.06. The van der Waals surface area contributed by atoms with Crippen molar-refractivity contribution in [1.29, 1.82) is 10.5 Å². The number of nitrogens with one attached hydrogen (secondary N) is 2. The normalized spacial score (nSPS) is 18.2. The van der Waals surface area contributed by atoms with Crippen LogP contribution in [-0.4, -0.2) is 137 Å². The summed E-state index contributed by atoms with van der Waals surface area (Å²) in [5, 5.41) is 47.6. The zero-order chi connectivity index (χ0) is 61.5. The van der Waals surface area contributed by atoms with Crippen molar-refractivity contribution < 1.29 is 60.3 Å². The predicted octanol–water partition coefficient (Wildman–Crippen LogP) is 9.86. The summed E-state index contributed by atoms with van der Waals surface area (Å²) in [6, 6.07) is 34.0. The standard InChI is InChI=1S/C32H43N3O7S.C32H45N3O6S/c1-40-26-11-13-28(14-12-26)43(38,39)35(24-32(18-8-19-33)16-6-3-7-17-32)22-30(36)29(21-25-9-4-2-5-10-25)34-31(37)42-27-15-20-41-23-27;1-31(2,3)41-30(37)34-28(22-25-12-7-5-8-13-25)29(36)23-35(24-32(20-11-21-33)18-9-6-10-19-32)42(38,39)27-16-14-26(40-4)15-17-27/h2,4-5,9-14,27,29-30,36H,3,6-8,15-18,20-24H2,1H3,(H,34,37);5,7-8,12-17,28-29,36H,6,9-11,18-20,22-24H2,1-4H3,(H,34,37)/t27?,29-,30?;28-,29?/m00/s1. The van der Waals surface area contributed by atoms with Gasteiger partial charge in [0.1, 0.15) is 23.2 Å². The molecule has 0 radical (unpaired) electrons. The number of aliphatic hydroxyl groups is 2. The van der Waals surface area contributed by atoms with Crippen LogP contribution in [-0.2, 0) is 47.1 Å². The van der Waals surface area contributed by atoms with Gasteiger partial charge < -0.3 is 44.5 Å². The highest BCUT2D eigenvalue weighted by Crippen LogP contribution is 2.43. The zero-order valence-corrected chi connectivity index (χ0v) is 51.7. The van der Waals surface area contributed by atoms with E-state index in [1.54, 1.807) is 45.0 Å². The number of alkyl carbamates (subject to hydrolysis) is 2. The number of benzene rings is 4. The van der Waals surface area contributed by atoms with E-state index in [-0.39, 0.29) is 65.7 Å². The fourth-order valence-electron chi connectivity index (χ4n) is 11.6. The van der Waals surface area contributed by atoms with Crippen LogP contribution in [0.3, 0.4) is 0 Å². The SMILES string of the molecule is COc1ccc(S(=O)(=O)N(CC(O)[C@H](Cc2ccccc2)NC(=O)OC(C)(C)C)CC2(CCC#N)CCCCC2)cc1.COc1ccc(S(=O)(=O)N(CC(O)[C@H](Cc2ccccc2)NC(=O)OC2CCOC2)CC2(CCC#N)CCCCC2)cc1. The molecule has 85 heavy (non-hydrogen) atoms. The van der Waals surface area contributed by atoms with Crippen LogP contribution in [0.1, 0.15) is 128 Å². The largest absolute Gasteiger partial charge is 0.497 e. The van der Waals surface area contributed by atoms with E-state index in [1.807, 2.05) is 60.7 Å². The Hall–Kier alpha value is -6.30. The number of sulfonamides is 2. The molecule has 4 aromatic carbocycles. The number of amides is 2. The molecule has 3 aliphatic rings. The van der Waals surface area contributed by atoms with Crippen LogP contribution in [0.5, 0.6) is 11.5 Å². The minimum absolute atomic E-state index is 0.0833. The molecule has 1 saturated heterocycles. The summed E-state index contributed by atoms with van der Waals surface area (Å²) < 4.78 is 86.1. The maximum Gasteiger partial charge on any atom is 0.407 e. The van der Waals surface area contributed by atoms with Crippen molar-refractivity contribution in [2.45, 2.75) is 176 Å². The molecular weight excluding hydrogens is 1120 g/mol. The molecule has 3 unspecified atom stereocenters. The molecule has 2 saturated carbocycles. The summed E-state index contributed by atoms with van der Waals surface area (Å²) >= 11 is 0. The zero-order valence-electron chi connectivity index (χ0n) is 50.0. The van der Waals surface area contributed by atoms with Crippen LogP contribution in [0.25, 0.3) is 0 Å². The Labute approximate surface area is 504 Å². The van der Waals surface area contributed by atoms with Crippen molar-refractivity contribution in [3.05, 3.63) is 120 Å². The van der Waals surface area contributed by atoms with Crippen molar-refractivity contribution in [2.75, 3.05) is 53.6 Å². The smallest absolute Gasteiger partial charge is 0.407 e. The van der Waals surface area contributed by atoms with Crippen molar-refractivity contribution >= 4 is 32.2 Å². The number of methoxy groups -OCH3 is 2. The molecule has 2 amide bonds. The maximum absolute atomic E-state index is 14.2. The van der Waals surface area contributed by atoms with Gasteiger partial charge in [-0.15, -0.1) is 0 Å². The first-order valence-corrected chi connectivity index (χ1v) is 32.5. The first-order valence-electron chi connectivity index (χ1n) is 29.6. The summed E-state index contributed by atoms with van der Waals surface area (Å²) in [5.74, 6) is 1.06. The summed E-state index contributed by atoms with van der Waals surface area (Å²) in [5.41, 5.74) is 0.250. The van der Waals surface area contributed by atoms with Gasteiger partial charge >= 0.3 is 12.2 Å². The quantitative estimate of drug-likeness (QED) is 0.0433. The molecule has 19 nitrogen and oxygen atoms in total. The number of carbonyl (C=O) groups excluding carboxylic acids is 2. The second-order valence-electron chi connectivity index (χ2n) is 23.8. The lowest BCUT2D eigenvalue weighted by atomic mass is 9.71. The van der Waals surface area contributed by atoms with Gasteiger partial charge in [0.15, 0.2) is 0 Å². The van der Waals surface area contributed by atoms with Gasteiger partial charge in [0.05, 0.1) is 73.7 Å². The van der Waals surface area contributed by atoms with Gasteiger partial charge in [-0.05, 0) is 143 Å². The second kappa shape index (κ2) is 32.4. The maximum atomic E-state index is 14.2. The number of nitriles is 2. The predicted molar refractivity (Wildman–Crippen MR) is 322 cm³/mol. The molecule has 4 N–H and O–H groups in total. The first kappa shape index (κ1) is 67.8. The topological polar surface area (TPSA) is 267 Å². The Morgan fingerprint density at radius 2 is 1.04 bits per heavy atom. The van der Waals surface area contributed by atoms with Crippen LogP contribution in [0.2, 0.25) is 0 Å². The first-order chi connectivity index (χ1) is 40.6. The molecule has 5 atom stereocenters. The van der Waals surface area contributed by atoms with Gasteiger partial charge in [0.2, 0.25) is 20.0 Å². The highest BCUT2D eigenvalue weighted by molar-refractivity contribution is 7.89. The van der Waals surface area contributed by atoms with Crippen molar-refractivity contribution in [2.24, 2.45) is 10.8 Å². The van der Waals surface area contributed by atoms with E-state index < -0.39 is 62.1 Å². The molecular formula is C64H88N6O13S2. The van der Waals surface area contributed by atoms with E-state index in [9.17, 15) is 47.2 Å². The number of hydrogen-bond acceptors (Lipinski definition) is 15. The number of ether oxygens (including phenoxy) is 5. The van der Waals surface area contributed by atoms with Gasteiger partial charge in [0, 0.05) is 45.4 Å². The average Bonchev–Trinajstić information content (AvgIpc) is 3.37. The van der Waals surface area contributed by atoms with Crippen LogP contribution in [0.15, 0.2) is 119 Å². The molecule has 1 aliphatic heterocycles. The molecule has 0 bridgehead atoms. The highest BCUT2D eigenvalue weighted by atomic mass is 32.2. The van der Waals surface area contributed by atoms with Crippen LogP contribution in [0.4, 0.5) is 9.59 Å². The van der Waals surface area contributed by atoms with E-state index >= 15 is 0 Å². The van der Waals surface area contributed by atoms with Gasteiger partial charge in [-0.25, -0.2) is 26.4 Å². The Morgan fingerprint density at radius 1 is 0.635 bits per heavy atom. The third-order valence-electron chi connectivity index (χ3n) is 16.3. The summed E-state index contributed by atoms with van der Waals surface area (Å²) in [6.45, 7) is 5.95. The van der Waals surface area contributed by atoms with Crippen molar-refractivity contribution in [1.82, 2.24) is 19.2 Å². The average molecular weight is 1210 g/mol. The molecule has 3 fully saturated rings. The Balaban J connectivity index is 0.000000272. The monoisotopic (exact) mass is 1210 g/mol. The van der Waals surface area contributed by atoms with E-state index in [4.69, 9.17) is 23.7 Å². The van der Waals surface area contributed by atoms with Crippen molar-refractivity contribution in [3.63, 3.8) is 0 Å². The lowest BCUT2D eigenvalue weighted by molar-refractivity contribution is 0.0376. The summed E-state index contributed by atoms with van der Waals surface area (Å²) in [4.78, 5) is 25.8. The number of rotatable bonds is 27.